The van der Waals surface area contributed by atoms with Gasteiger partial charge in [0.25, 0.3) is 0 Å². The van der Waals surface area contributed by atoms with Crippen molar-refractivity contribution in [2.75, 3.05) is 13.2 Å². The van der Waals surface area contributed by atoms with Gasteiger partial charge in [0.1, 0.15) is 11.5 Å². The van der Waals surface area contributed by atoms with E-state index >= 15 is 0 Å². The standard InChI is InChI=1S/C20H17ClO4S/c21-16-4-1-2-5-18(16)25-11-3-10-24-15-8-6-14(7-9-15)12-19-17(22)13-20(23)26-19/h1-2,4-9,12H,3,10-11,13H2/b19-12+. The molecule has 0 saturated carbocycles. The van der Waals surface area contributed by atoms with E-state index < -0.39 is 0 Å². The van der Waals surface area contributed by atoms with E-state index in [0.717, 1.165) is 29.5 Å². The highest BCUT2D eigenvalue weighted by molar-refractivity contribution is 8.18. The molecule has 0 N–H and O–H groups in total. The summed E-state index contributed by atoms with van der Waals surface area (Å²) in [7, 11) is 0. The zero-order chi connectivity index (χ0) is 18.4. The first-order valence-corrected chi connectivity index (χ1v) is 9.37. The number of hydrogen-bond donors (Lipinski definition) is 0. The minimum Gasteiger partial charge on any atom is -0.493 e. The second-order valence-electron chi connectivity index (χ2n) is 5.63. The summed E-state index contributed by atoms with van der Waals surface area (Å²) < 4.78 is 11.3. The normalized spacial score (nSPS) is 15.5. The second-order valence-corrected chi connectivity index (χ2v) is 7.14. The summed E-state index contributed by atoms with van der Waals surface area (Å²) in [6.07, 6.45) is 2.46. The molecule has 6 heteroatoms. The Hall–Kier alpha value is -2.24. The Morgan fingerprint density at radius 3 is 2.42 bits per heavy atom. The van der Waals surface area contributed by atoms with Crippen LogP contribution in [0.3, 0.4) is 0 Å². The third-order valence-electron chi connectivity index (χ3n) is 3.63. The largest absolute Gasteiger partial charge is 0.493 e. The van der Waals surface area contributed by atoms with E-state index in [1.165, 1.54) is 0 Å². The van der Waals surface area contributed by atoms with E-state index in [0.29, 0.717) is 28.9 Å². The van der Waals surface area contributed by atoms with Crippen molar-refractivity contribution >= 4 is 40.3 Å². The van der Waals surface area contributed by atoms with Crippen molar-refractivity contribution in [1.29, 1.82) is 0 Å². The van der Waals surface area contributed by atoms with Crippen LogP contribution in [-0.4, -0.2) is 24.1 Å². The van der Waals surface area contributed by atoms with E-state index in [-0.39, 0.29) is 17.3 Å². The Kier molecular flexibility index (Phi) is 6.36. The second kappa shape index (κ2) is 8.92. The smallest absolute Gasteiger partial charge is 0.201 e. The number of carbonyl (C=O) groups is 2. The average molecular weight is 389 g/mol. The predicted octanol–water partition coefficient (Wildman–Crippen LogP) is 4.76. The van der Waals surface area contributed by atoms with Crippen LogP contribution in [0.4, 0.5) is 0 Å². The zero-order valence-electron chi connectivity index (χ0n) is 13.9. The highest BCUT2D eigenvalue weighted by atomic mass is 35.5. The molecule has 134 valence electrons. The number of ether oxygens (including phenoxy) is 2. The Labute approximate surface area is 161 Å². The molecule has 0 atom stereocenters. The highest BCUT2D eigenvalue weighted by Crippen LogP contribution is 2.30. The van der Waals surface area contributed by atoms with Crippen molar-refractivity contribution in [1.82, 2.24) is 0 Å². The first-order chi connectivity index (χ1) is 12.6. The Balaban J connectivity index is 1.43. The Morgan fingerprint density at radius 2 is 1.73 bits per heavy atom. The summed E-state index contributed by atoms with van der Waals surface area (Å²) in [5.41, 5.74) is 0.866. The summed E-state index contributed by atoms with van der Waals surface area (Å²) in [6, 6.07) is 14.8. The van der Waals surface area contributed by atoms with Crippen molar-refractivity contribution in [3.05, 3.63) is 64.0 Å². The monoisotopic (exact) mass is 388 g/mol. The SMILES string of the molecule is O=C1CC(=O)/C(=C\c2ccc(OCCCOc3ccccc3Cl)cc2)S1. The van der Waals surface area contributed by atoms with E-state index in [9.17, 15) is 9.59 Å². The third-order valence-corrected chi connectivity index (χ3v) is 4.88. The molecule has 0 radical (unpaired) electrons. The van der Waals surface area contributed by atoms with Crippen molar-refractivity contribution in [3.8, 4) is 11.5 Å². The summed E-state index contributed by atoms with van der Waals surface area (Å²) in [6.45, 7) is 1.04. The molecule has 2 aromatic rings. The predicted molar refractivity (Wildman–Crippen MR) is 104 cm³/mol. The molecule has 26 heavy (non-hydrogen) atoms. The van der Waals surface area contributed by atoms with Crippen molar-refractivity contribution in [3.63, 3.8) is 0 Å². The molecule has 0 unspecified atom stereocenters. The van der Waals surface area contributed by atoms with Crippen molar-refractivity contribution < 1.29 is 19.1 Å². The van der Waals surface area contributed by atoms with Crippen LogP contribution in [0.15, 0.2) is 53.4 Å². The maximum Gasteiger partial charge on any atom is 0.201 e. The molecule has 0 spiro atoms. The van der Waals surface area contributed by atoms with Gasteiger partial charge in [-0.1, -0.05) is 35.9 Å². The maximum absolute atomic E-state index is 11.6. The molecule has 0 aliphatic carbocycles. The third kappa shape index (κ3) is 5.13. The van der Waals surface area contributed by atoms with Gasteiger partial charge in [0.05, 0.1) is 29.6 Å². The lowest BCUT2D eigenvalue weighted by Gasteiger charge is -2.09. The number of halogens is 1. The van der Waals surface area contributed by atoms with Crippen LogP contribution in [0.2, 0.25) is 5.02 Å². The average Bonchev–Trinajstić information content (AvgIpc) is 2.95. The van der Waals surface area contributed by atoms with Gasteiger partial charge in [-0.15, -0.1) is 0 Å². The van der Waals surface area contributed by atoms with Crippen molar-refractivity contribution in [2.24, 2.45) is 0 Å². The molecule has 2 aromatic carbocycles. The number of thioether (sulfide) groups is 1. The van der Waals surface area contributed by atoms with Gasteiger partial charge in [-0.05, 0) is 47.7 Å². The van der Waals surface area contributed by atoms with E-state index in [2.05, 4.69) is 0 Å². The molecule has 0 bridgehead atoms. The Morgan fingerprint density at radius 1 is 1.00 bits per heavy atom. The van der Waals surface area contributed by atoms with Gasteiger partial charge in [0.15, 0.2) is 5.78 Å². The van der Waals surface area contributed by atoms with E-state index in [1.54, 1.807) is 12.1 Å². The molecule has 3 rings (SSSR count). The molecule has 1 saturated heterocycles. The summed E-state index contributed by atoms with van der Waals surface area (Å²) >= 11 is 7.03. The van der Waals surface area contributed by atoms with Crippen LogP contribution >= 0.6 is 23.4 Å². The number of hydrogen-bond acceptors (Lipinski definition) is 5. The quantitative estimate of drug-likeness (QED) is 0.389. The lowest BCUT2D eigenvalue weighted by Crippen LogP contribution is -2.05. The first-order valence-electron chi connectivity index (χ1n) is 8.17. The topological polar surface area (TPSA) is 52.6 Å². The van der Waals surface area contributed by atoms with Gasteiger partial charge in [-0.25, -0.2) is 0 Å². The maximum atomic E-state index is 11.6. The summed E-state index contributed by atoms with van der Waals surface area (Å²) in [4.78, 5) is 23.4. The number of ketones is 1. The van der Waals surface area contributed by atoms with Gasteiger partial charge in [-0.3, -0.25) is 9.59 Å². The molecule has 4 nitrogen and oxygen atoms in total. The number of para-hydroxylation sites is 1. The van der Waals surface area contributed by atoms with Crippen LogP contribution in [0, 0.1) is 0 Å². The lowest BCUT2D eigenvalue weighted by atomic mass is 10.1. The van der Waals surface area contributed by atoms with Crippen LogP contribution in [0.1, 0.15) is 18.4 Å². The lowest BCUT2D eigenvalue weighted by molar-refractivity contribution is -0.119. The fraction of sp³-hybridized carbons (Fsp3) is 0.200. The van der Waals surface area contributed by atoms with Crippen LogP contribution in [-0.2, 0) is 9.59 Å². The molecule has 0 amide bonds. The van der Waals surface area contributed by atoms with Crippen molar-refractivity contribution in [2.45, 2.75) is 12.8 Å². The van der Waals surface area contributed by atoms with Gasteiger partial charge >= 0.3 is 0 Å². The summed E-state index contributed by atoms with van der Waals surface area (Å²) in [5.74, 6) is 1.30. The van der Waals surface area contributed by atoms with Crippen LogP contribution < -0.4 is 9.47 Å². The number of Topliss-reactive ketones (excluding diaryl/α,β-unsaturated/α-hetero) is 1. The minimum absolute atomic E-state index is 0.00599. The number of rotatable bonds is 7. The highest BCUT2D eigenvalue weighted by Gasteiger charge is 2.25. The van der Waals surface area contributed by atoms with Gasteiger partial charge in [0, 0.05) is 6.42 Å². The molecule has 1 heterocycles. The zero-order valence-corrected chi connectivity index (χ0v) is 15.5. The van der Waals surface area contributed by atoms with E-state index in [1.807, 2.05) is 42.5 Å². The van der Waals surface area contributed by atoms with E-state index in [4.69, 9.17) is 21.1 Å². The van der Waals surface area contributed by atoms with Gasteiger partial charge in [-0.2, -0.15) is 0 Å². The number of carbonyl (C=O) groups excluding carboxylic acids is 2. The number of allylic oxidation sites excluding steroid dienone is 1. The minimum atomic E-state index is -0.112. The molecule has 1 aliphatic heterocycles. The number of benzene rings is 2. The van der Waals surface area contributed by atoms with Crippen LogP contribution in [0.25, 0.3) is 6.08 Å². The van der Waals surface area contributed by atoms with Gasteiger partial charge in [0.2, 0.25) is 5.12 Å². The molecule has 0 aromatic heterocycles. The molecular weight excluding hydrogens is 372 g/mol. The molecule has 1 fully saturated rings. The van der Waals surface area contributed by atoms with Crippen LogP contribution in [0.5, 0.6) is 11.5 Å². The van der Waals surface area contributed by atoms with Gasteiger partial charge < -0.3 is 9.47 Å². The summed E-state index contributed by atoms with van der Waals surface area (Å²) in [5, 5.41) is 0.499. The fourth-order valence-electron chi connectivity index (χ4n) is 2.35. The fourth-order valence-corrected chi connectivity index (χ4v) is 3.37. The molecule has 1 aliphatic rings. The first kappa shape index (κ1) is 18.5. The molecular formula is C20H17ClO4S. The Bertz CT molecular complexity index is 830.